The van der Waals surface area contributed by atoms with Crippen LogP contribution < -0.4 is 10.6 Å². The van der Waals surface area contributed by atoms with E-state index in [1.165, 1.54) is 17.4 Å². The average Bonchev–Trinajstić information content (AvgIpc) is 3.31. The van der Waals surface area contributed by atoms with Gasteiger partial charge in [0.2, 0.25) is 0 Å². The predicted octanol–water partition coefficient (Wildman–Crippen LogP) is 4.06. The molecule has 1 aromatic carbocycles. The number of aromatic nitrogens is 2. The summed E-state index contributed by atoms with van der Waals surface area (Å²) in [5, 5.41) is 12.5. The van der Waals surface area contributed by atoms with Crippen molar-refractivity contribution in [3.8, 4) is 11.3 Å². The van der Waals surface area contributed by atoms with Crippen LogP contribution in [0.25, 0.3) is 11.3 Å². The Morgan fingerprint density at radius 3 is 2.90 bits per heavy atom. The molecule has 29 heavy (non-hydrogen) atoms. The molecule has 0 saturated carbocycles. The van der Waals surface area contributed by atoms with Crippen LogP contribution in [0.2, 0.25) is 0 Å². The molecule has 9 heteroatoms. The second kappa shape index (κ2) is 8.33. The van der Waals surface area contributed by atoms with Gasteiger partial charge in [-0.25, -0.2) is 8.78 Å². The SMILES string of the molecule is Cn1ncc(Br)c1-c1csc(C(=O)N[C@H]2CNCC[C@@H]2c2ccc(F)c(F)c2)c1. The van der Waals surface area contributed by atoms with Gasteiger partial charge in [-0.15, -0.1) is 11.3 Å². The minimum atomic E-state index is -0.865. The van der Waals surface area contributed by atoms with E-state index in [1.54, 1.807) is 16.9 Å². The molecule has 1 amide bonds. The number of aryl methyl sites for hydroxylation is 1. The molecule has 0 radical (unpaired) electrons. The molecule has 1 aliphatic rings. The van der Waals surface area contributed by atoms with E-state index in [1.807, 2.05) is 18.5 Å². The van der Waals surface area contributed by atoms with E-state index >= 15 is 0 Å². The van der Waals surface area contributed by atoms with Crippen LogP contribution in [0.4, 0.5) is 8.78 Å². The lowest BCUT2D eigenvalue weighted by Gasteiger charge is -2.33. The van der Waals surface area contributed by atoms with Gasteiger partial charge in [-0.3, -0.25) is 9.48 Å². The van der Waals surface area contributed by atoms with Gasteiger partial charge in [0.1, 0.15) is 0 Å². The van der Waals surface area contributed by atoms with Crippen molar-refractivity contribution in [2.75, 3.05) is 13.1 Å². The number of carbonyl (C=O) groups excluding carboxylic acids is 1. The lowest BCUT2D eigenvalue weighted by Crippen LogP contribution is -2.49. The van der Waals surface area contributed by atoms with E-state index in [9.17, 15) is 13.6 Å². The van der Waals surface area contributed by atoms with E-state index in [0.717, 1.165) is 34.8 Å². The van der Waals surface area contributed by atoms with Crippen molar-refractivity contribution >= 4 is 33.2 Å². The first-order chi connectivity index (χ1) is 13.9. The highest BCUT2D eigenvalue weighted by molar-refractivity contribution is 9.10. The monoisotopic (exact) mass is 480 g/mol. The molecule has 4 rings (SSSR count). The molecule has 1 saturated heterocycles. The Hall–Kier alpha value is -2.10. The first kappa shape index (κ1) is 20.2. The second-order valence-electron chi connectivity index (χ2n) is 7.02. The summed E-state index contributed by atoms with van der Waals surface area (Å²) in [5.41, 5.74) is 2.51. The number of hydrogen-bond donors (Lipinski definition) is 2. The van der Waals surface area contributed by atoms with Gasteiger partial charge < -0.3 is 10.6 Å². The smallest absolute Gasteiger partial charge is 0.261 e. The summed E-state index contributed by atoms with van der Waals surface area (Å²) in [6.45, 7) is 1.33. The van der Waals surface area contributed by atoms with Crippen molar-refractivity contribution in [1.82, 2.24) is 20.4 Å². The van der Waals surface area contributed by atoms with Crippen molar-refractivity contribution < 1.29 is 13.6 Å². The molecule has 0 bridgehead atoms. The van der Waals surface area contributed by atoms with Crippen molar-refractivity contribution in [1.29, 1.82) is 0 Å². The van der Waals surface area contributed by atoms with Gasteiger partial charge in [0.25, 0.3) is 5.91 Å². The first-order valence-corrected chi connectivity index (χ1v) is 10.8. The summed E-state index contributed by atoms with van der Waals surface area (Å²) in [6, 6.07) is 5.59. The number of benzene rings is 1. The predicted molar refractivity (Wildman–Crippen MR) is 112 cm³/mol. The maximum Gasteiger partial charge on any atom is 0.261 e. The number of amides is 1. The number of halogens is 3. The molecule has 152 valence electrons. The van der Waals surface area contributed by atoms with E-state index in [-0.39, 0.29) is 17.9 Å². The summed E-state index contributed by atoms with van der Waals surface area (Å²) >= 11 is 4.84. The zero-order valence-corrected chi connectivity index (χ0v) is 18.0. The first-order valence-electron chi connectivity index (χ1n) is 9.17. The molecule has 0 aliphatic carbocycles. The molecule has 2 atom stereocenters. The topological polar surface area (TPSA) is 59.0 Å². The van der Waals surface area contributed by atoms with Gasteiger partial charge in [0.15, 0.2) is 11.6 Å². The zero-order chi connectivity index (χ0) is 20.5. The second-order valence-corrected chi connectivity index (χ2v) is 8.78. The lowest BCUT2D eigenvalue weighted by molar-refractivity contribution is 0.0928. The number of rotatable bonds is 4. The Labute approximate surface area is 179 Å². The molecule has 5 nitrogen and oxygen atoms in total. The van der Waals surface area contributed by atoms with Crippen molar-refractivity contribution in [2.24, 2.45) is 7.05 Å². The summed E-state index contributed by atoms with van der Waals surface area (Å²) < 4.78 is 29.6. The van der Waals surface area contributed by atoms with Crippen LogP contribution >= 0.6 is 27.3 Å². The molecule has 0 spiro atoms. The van der Waals surface area contributed by atoms with Crippen LogP contribution in [-0.4, -0.2) is 34.8 Å². The number of hydrogen-bond acceptors (Lipinski definition) is 4. The fourth-order valence-electron chi connectivity index (χ4n) is 3.71. The standard InChI is InChI=1S/C20H19BrF2N4OS/c1-27-19(14(21)8-25-27)12-7-18(29-10-12)20(28)26-17-9-24-5-4-13(17)11-2-3-15(22)16(23)6-11/h2-3,6-8,10,13,17,24H,4-5,9H2,1H3,(H,26,28)/t13-,17+/m1/s1. The largest absolute Gasteiger partial charge is 0.347 e. The van der Waals surface area contributed by atoms with Crippen LogP contribution in [-0.2, 0) is 7.05 Å². The fraction of sp³-hybridized carbons (Fsp3) is 0.300. The lowest BCUT2D eigenvalue weighted by atomic mass is 9.86. The highest BCUT2D eigenvalue weighted by Crippen LogP contribution is 2.32. The Kier molecular flexibility index (Phi) is 5.80. The minimum absolute atomic E-state index is 0.0825. The molecule has 1 aliphatic heterocycles. The van der Waals surface area contributed by atoms with Gasteiger partial charge >= 0.3 is 0 Å². The van der Waals surface area contributed by atoms with Crippen LogP contribution in [0.15, 0.2) is 40.3 Å². The molecule has 3 heterocycles. The zero-order valence-electron chi connectivity index (χ0n) is 15.6. The highest BCUT2D eigenvalue weighted by Gasteiger charge is 2.29. The van der Waals surface area contributed by atoms with Gasteiger partial charge in [0.05, 0.1) is 21.2 Å². The van der Waals surface area contributed by atoms with Crippen LogP contribution in [0.5, 0.6) is 0 Å². The van der Waals surface area contributed by atoms with E-state index < -0.39 is 11.6 Å². The van der Waals surface area contributed by atoms with E-state index in [2.05, 4.69) is 31.7 Å². The number of nitrogens with one attached hydrogen (secondary N) is 2. The molecule has 2 N–H and O–H groups in total. The Morgan fingerprint density at radius 2 is 2.17 bits per heavy atom. The van der Waals surface area contributed by atoms with E-state index in [4.69, 9.17) is 0 Å². The molecular weight excluding hydrogens is 462 g/mol. The highest BCUT2D eigenvalue weighted by atomic mass is 79.9. The van der Waals surface area contributed by atoms with Crippen LogP contribution in [0.1, 0.15) is 27.6 Å². The average molecular weight is 481 g/mol. The Morgan fingerprint density at radius 1 is 1.34 bits per heavy atom. The molecule has 1 fully saturated rings. The Balaban J connectivity index is 1.53. The van der Waals surface area contributed by atoms with Gasteiger partial charge in [-0.1, -0.05) is 6.07 Å². The van der Waals surface area contributed by atoms with Gasteiger partial charge in [-0.2, -0.15) is 5.10 Å². The summed E-state index contributed by atoms with van der Waals surface area (Å²) in [6.07, 6.45) is 2.44. The molecule has 3 aromatic rings. The van der Waals surface area contributed by atoms with Crippen molar-refractivity contribution in [3.05, 3.63) is 62.4 Å². The summed E-state index contributed by atoms with van der Waals surface area (Å²) in [4.78, 5) is 13.5. The molecule has 0 unspecified atom stereocenters. The maximum absolute atomic E-state index is 13.7. The third-order valence-corrected chi connectivity index (χ3v) is 6.67. The minimum Gasteiger partial charge on any atom is -0.347 e. The fourth-order valence-corrected chi connectivity index (χ4v) is 5.08. The van der Waals surface area contributed by atoms with Gasteiger partial charge in [-0.05, 0) is 52.7 Å². The van der Waals surface area contributed by atoms with Crippen molar-refractivity contribution in [3.63, 3.8) is 0 Å². The number of carbonyl (C=O) groups is 1. The quantitative estimate of drug-likeness (QED) is 0.591. The van der Waals surface area contributed by atoms with Crippen LogP contribution in [0, 0.1) is 11.6 Å². The van der Waals surface area contributed by atoms with Gasteiger partial charge in [0, 0.05) is 36.5 Å². The molecular formula is C20H19BrF2N4OS. The van der Waals surface area contributed by atoms with Crippen molar-refractivity contribution in [2.45, 2.75) is 18.4 Å². The third kappa shape index (κ3) is 4.12. The Bertz CT molecular complexity index is 1030. The van der Waals surface area contributed by atoms with Crippen LogP contribution in [0.3, 0.4) is 0 Å². The third-order valence-electron chi connectivity index (χ3n) is 5.16. The number of nitrogens with zero attached hydrogens (tertiary/aromatic N) is 2. The normalized spacial score (nSPS) is 19.3. The molecule has 2 aromatic heterocycles. The number of thiophene rings is 1. The summed E-state index contributed by atoms with van der Waals surface area (Å²) in [7, 11) is 1.84. The summed E-state index contributed by atoms with van der Waals surface area (Å²) in [5.74, 6) is -1.99. The van der Waals surface area contributed by atoms with E-state index in [0.29, 0.717) is 17.0 Å². The maximum atomic E-state index is 13.7. The number of piperidine rings is 1.